The van der Waals surface area contributed by atoms with Crippen molar-refractivity contribution in [3.63, 3.8) is 0 Å². The van der Waals surface area contributed by atoms with Gasteiger partial charge in [0, 0.05) is 6.92 Å². The van der Waals surface area contributed by atoms with Crippen LogP contribution in [-0.2, 0) is 14.4 Å². The predicted octanol–water partition coefficient (Wildman–Crippen LogP) is -1.93. The van der Waals surface area contributed by atoms with Gasteiger partial charge in [-0.2, -0.15) is 0 Å². The highest BCUT2D eigenvalue weighted by atomic mass is 16.4. The minimum atomic E-state index is -1.64. The van der Waals surface area contributed by atoms with Crippen molar-refractivity contribution in [2.75, 3.05) is 6.54 Å². The van der Waals surface area contributed by atoms with E-state index in [1.165, 1.54) is 13.8 Å². The summed E-state index contributed by atoms with van der Waals surface area (Å²) in [6.07, 6.45) is -1.64. The van der Waals surface area contributed by atoms with E-state index in [4.69, 9.17) is 10.2 Å². The molecular weight excluding hydrogens is 204 g/mol. The van der Waals surface area contributed by atoms with Crippen molar-refractivity contribution in [2.24, 2.45) is 0 Å². The van der Waals surface area contributed by atoms with Crippen molar-refractivity contribution >= 4 is 17.8 Å². The third-order valence-corrected chi connectivity index (χ3v) is 1.57. The summed E-state index contributed by atoms with van der Waals surface area (Å²) in [5, 5.41) is 21.6. The molecule has 0 aliphatic carbocycles. The topological polar surface area (TPSA) is 116 Å². The number of carboxylic acids is 1. The molecule has 7 nitrogen and oxygen atoms in total. The maximum absolute atomic E-state index is 11.2. The van der Waals surface area contributed by atoms with Crippen LogP contribution in [0.5, 0.6) is 0 Å². The number of rotatable bonds is 5. The summed E-state index contributed by atoms with van der Waals surface area (Å²) >= 11 is 0. The number of aliphatic hydroxyl groups is 1. The molecule has 15 heavy (non-hydrogen) atoms. The first-order valence-corrected chi connectivity index (χ1v) is 4.30. The summed E-state index contributed by atoms with van der Waals surface area (Å²) in [6, 6.07) is -0.761. The first-order chi connectivity index (χ1) is 6.84. The van der Waals surface area contributed by atoms with Gasteiger partial charge in [-0.3, -0.25) is 9.59 Å². The number of amides is 2. The Balaban J connectivity index is 3.93. The van der Waals surface area contributed by atoms with Gasteiger partial charge < -0.3 is 20.8 Å². The van der Waals surface area contributed by atoms with E-state index in [1.807, 2.05) is 0 Å². The summed E-state index contributed by atoms with van der Waals surface area (Å²) in [6.45, 7) is 2.32. The van der Waals surface area contributed by atoms with Crippen LogP contribution in [0.15, 0.2) is 0 Å². The molecule has 0 aromatic heterocycles. The second-order valence-electron chi connectivity index (χ2n) is 3.02. The normalized spacial score (nSPS) is 13.8. The lowest BCUT2D eigenvalue weighted by molar-refractivity contribution is -0.146. The molecule has 0 spiro atoms. The molecule has 2 amide bonds. The number of carbonyl (C=O) groups excluding carboxylic acids is 2. The highest BCUT2D eigenvalue weighted by Gasteiger charge is 2.17. The zero-order valence-corrected chi connectivity index (χ0v) is 8.48. The van der Waals surface area contributed by atoms with Crippen molar-refractivity contribution in [1.82, 2.24) is 10.6 Å². The van der Waals surface area contributed by atoms with Gasteiger partial charge in [0.05, 0.1) is 6.54 Å². The fraction of sp³-hybridized carbons (Fsp3) is 0.625. The Morgan fingerprint density at radius 2 is 1.87 bits per heavy atom. The lowest BCUT2D eigenvalue weighted by Gasteiger charge is -2.13. The Bertz CT molecular complexity index is 266. The molecule has 0 radical (unpaired) electrons. The Kier molecular flexibility index (Phi) is 5.32. The maximum Gasteiger partial charge on any atom is 0.334 e. The summed E-state index contributed by atoms with van der Waals surface area (Å²) in [7, 11) is 0. The number of aliphatic hydroxyl groups excluding tert-OH is 1. The van der Waals surface area contributed by atoms with Crippen molar-refractivity contribution < 1.29 is 24.6 Å². The van der Waals surface area contributed by atoms with Crippen molar-refractivity contribution in [3.8, 4) is 0 Å². The van der Waals surface area contributed by atoms with E-state index in [9.17, 15) is 14.4 Å². The Morgan fingerprint density at radius 3 is 2.27 bits per heavy atom. The second kappa shape index (κ2) is 5.97. The van der Waals surface area contributed by atoms with Crippen molar-refractivity contribution in [3.05, 3.63) is 0 Å². The molecule has 0 rings (SSSR count). The minimum Gasteiger partial charge on any atom is -0.479 e. The molecule has 4 N–H and O–H groups in total. The quantitative estimate of drug-likeness (QED) is 0.429. The molecule has 0 aromatic rings. The van der Waals surface area contributed by atoms with Gasteiger partial charge in [-0.15, -0.1) is 0 Å². The van der Waals surface area contributed by atoms with E-state index in [-0.39, 0.29) is 5.91 Å². The number of hydrogen-bond acceptors (Lipinski definition) is 4. The number of hydrogen-bond donors (Lipinski definition) is 4. The molecule has 7 heteroatoms. The Hall–Kier alpha value is -1.63. The molecule has 0 fully saturated rings. The van der Waals surface area contributed by atoms with Gasteiger partial charge in [0.2, 0.25) is 11.8 Å². The zero-order chi connectivity index (χ0) is 12.0. The standard InChI is InChI=1S/C8H14N2O5/c1-4(10-5(2)11)7(13)9-3-6(12)8(14)15/h4,6,12H,3H2,1-2H3,(H,9,13)(H,10,11)(H,14,15). The fourth-order valence-corrected chi connectivity index (χ4v) is 0.808. The summed E-state index contributed by atoms with van der Waals surface area (Å²) in [5.74, 6) is -2.33. The highest BCUT2D eigenvalue weighted by Crippen LogP contribution is 1.84. The smallest absolute Gasteiger partial charge is 0.334 e. The monoisotopic (exact) mass is 218 g/mol. The van der Waals surface area contributed by atoms with Gasteiger partial charge in [-0.1, -0.05) is 0 Å². The summed E-state index contributed by atoms with van der Waals surface area (Å²) in [4.78, 5) is 31.9. The largest absolute Gasteiger partial charge is 0.479 e. The van der Waals surface area contributed by atoms with Crippen molar-refractivity contribution in [2.45, 2.75) is 26.0 Å². The van der Waals surface area contributed by atoms with E-state index in [1.54, 1.807) is 0 Å². The van der Waals surface area contributed by atoms with Crippen LogP contribution < -0.4 is 10.6 Å². The Morgan fingerprint density at radius 1 is 1.33 bits per heavy atom. The van der Waals surface area contributed by atoms with Crippen LogP contribution >= 0.6 is 0 Å². The first-order valence-electron chi connectivity index (χ1n) is 4.30. The van der Waals surface area contributed by atoms with Gasteiger partial charge in [0.15, 0.2) is 6.10 Å². The van der Waals surface area contributed by atoms with Crippen molar-refractivity contribution in [1.29, 1.82) is 0 Å². The second-order valence-corrected chi connectivity index (χ2v) is 3.02. The van der Waals surface area contributed by atoms with E-state index >= 15 is 0 Å². The number of carboxylic acid groups (broad SMARTS) is 1. The number of aliphatic carboxylic acids is 1. The third kappa shape index (κ3) is 5.63. The third-order valence-electron chi connectivity index (χ3n) is 1.57. The number of carbonyl (C=O) groups is 3. The van der Waals surface area contributed by atoms with E-state index in [0.717, 1.165) is 0 Å². The average Bonchev–Trinajstić information content (AvgIpc) is 2.12. The first kappa shape index (κ1) is 13.4. The average molecular weight is 218 g/mol. The van der Waals surface area contributed by atoms with Crippen LogP contribution in [0, 0.1) is 0 Å². The number of nitrogens with one attached hydrogen (secondary N) is 2. The molecule has 0 aliphatic heterocycles. The van der Waals surface area contributed by atoms with Crippen LogP contribution in [0.1, 0.15) is 13.8 Å². The van der Waals surface area contributed by atoms with Crippen LogP contribution in [0.2, 0.25) is 0 Å². The van der Waals surface area contributed by atoms with Gasteiger partial charge in [0.1, 0.15) is 6.04 Å². The molecule has 86 valence electrons. The van der Waals surface area contributed by atoms with Gasteiger partial charge in [-0.25, -0.2) is 4.79 Å². The molecule has 2 atom stereocenters. The van der Waals surface area contributed by atoms with Gasteiger partial charge in [0.25, 0.3) is 0 Å². The predicted molar refractivity (Wildman–Crippen MR) is 49.9 cm³/mol. The molecule has 0 bridgehead atoms. The van der Waals surface area contributed by atoms with Gasteiger partial charge in [-0.05, 0) is 6.92 Å². The minimum absolute atomic E-state index is 0.364. The maximum atomic E-state index is 11.2. The molecule has 0 saturated carbocycles. The molecular formula is C8H14N2O5. The van der Waals surface area contributed by atoms with E-state index in [0.29, 0.717) is 0 Å². The van der Waals surface area contributed by atoms with Crippen LogP contribution in [0.25, 0.3) is 0 Å². The van der Waals surface area contributed by atoms with Crippen LogP contribution in [0.3, 0.4) is 0 Å². The highest BCUT2D eigenvalue weighted by molar-refractivity contribution is 5.86. The molecule has 0 aliphatic rings. The van der Waals surface area contributed by atoms with Crippen LogP contribution in [0.4, 0.5) is 0 Å². The lowest BCUT2D eigenvalue weighted by Crippen LogP contribution is -2.47. The summed E-state index contributed by atoms with van der Waals surface area (Å²) < 4.78 is 0. The summed E-state index contributed by atoms with van der Waals surface area (Å²) in [5.41, 5.74) is 0. The Labute approximate surface area is 86.5 Å². The van der Waals surface area contributed by atoms with E-state index < -0.39 is 30.6 Å². The fourth-order valence-electron chi connectivity index (χ4n) is 0.808. The zero-order valence-electron chi connectivity index (χ0n) is 8.48. The van der Waals surface area contributed by atoms with Gasteiger partial charge >= 0.3 is 5.97 Å². The lowest BCUT2D eigenvalue weighted by atomic mass is 10.3. The molecule has 0 saturated heterocycles. The van der Waals surface area contributed by atoms with Crippen LogP contribution in [-0.4, -0.2) is 46.7 Å². The molecule has 0 heterocycles. The molecule has 2 unspecified atom stereocenters. The molecule has 0 aromatic carbocycles. The SMILES string of the molecule is CC(=O)NC(C)C(=O)NCC(O)C(=O)O. The van der Waals surface area contributed by atoms with E-state index in [2.05, 4.69) is 10.6 Å².